The molecule has 0 bridgehead atoms. The van der Waals surface area contributed by atoms with Gasteiger partial charge in [0.25, 0.3) is 5.91 Å². The number of carbonyl (C=O) groups is 3. The van der Waals surface area contributed by atoms with Crippen LogP contribution >= 0.6 is 15.9 Å². The summed E-state index contributed by atoms with van der Waals surface area (Å²) >= 11 is 3.64. The maximum atomic E-state index is 14.0. The van der Waals surface area contributed by atoms with Gasteiger partial charge in [0.15, 0.2) is 0 Å². The quantitative estimate of drug-likeness (QED) is 0.438. The number of rotatable bonds is 8. The van der Waals surface area contributed by atoms with Crippen molar-refractivity contribution in [2.75, 3.05) is 24.6 Å². The zero-order valence-corrected chi connectivity index (χ0v) is 20.8. The Morgan fingerprint density at radius 1 is 1.20 bits per heavy atom. The molecule has 2 heterocycles. The van der Waals surface area contributed by atoms with E-state index in [1.54, 1.807) is 6.07 Å². The standard InChI is InChI=1S/C25H28BrFN4O4/c26-19-2-1-3-22(18(19)13-29-21-6-7-23(32)30-25(21)34)31-10-8-15(9-11-31)14-35-16-4-5-17(24(28)33)20(27)12-16/h1-5,12,15,21,29H,6-11,13-14H2,(H2,28,33)(H,30,32,34). The van der Waals surface area contributed by atoms with Gasteiger partial charge in [0.05, 0.1) is 18.2 Å². The van der Waals surface area contributed by atoms with Crippen LogP contribution in [0.4, 0.5) is 10.1 Å². The molecule has 35 heavy (non-hydrogen) atoms. The second-order valence-electron chi connectivity index (χ2n) is 8.87. The van der Waals surface area contributed by atoms with E-state index in [9.17, 15) is 18.8 Å². The van der Waals surface area contributed by atoms with Crippen molar-refractivity contribution in [2.24, 2.45) is 11.7 Å². The molecule has 4 N–H and O–H groups in total. The Morgan fingerprint density at radius 3 is 2.66 bits per heavy atom. The number of halogens is 2. The number of amides is 3. The summed E-state index contributed by atoms with van der Waals surface area (Å²) in [5.41, 5.74) is 7.16. The number of imide groups is 1. The zero-order chi connectivity index (χ0) is 24.9. The van der Waals surface area contributed by atoms with E-state index in [1.807, 2.05) is 12.1 Å². The highest BCUT2D eigenvalue weighted by molar-refractivity contribution is 9.10. The molecule has 2 aliphatic rings. The maximum absolute atomic E-state index is 14.0. The van der Waals surface area contributed by atoms with Crippen LogP contribution in [-0.2, 0) is 16.1 Å². The molecule has 0 saturated carbocycles. The fraction of sp³-hybridized carbons (Fsp3) is 0.400. The number of anilines is 1. The summed E-state index contributed by atoms with van der Waals surface area (Å²) in [5, 5.41) is 5.67. The third-order valence-corrected chi connectivity index (χ3v) is 7.25. The summed E-state index contributed by atoms with van der Waals surface area (Å²) in [6.07, 6.45) is 2.65. The first-order chi connectivity index (χ1) is 16.8. The van der Waals surface area contributed by atoms with Crippen LogP contribution < -0.4 is 26.0 Å². The van der Waals surface area contributed by atoms with Gasteiger partial charge in [-0.3, -0.25) is 19.7 Å². The smallest absolute Gasteiger partial charge is 0.251 e. The van der Waals surface area contributed by atoms with Gasteiger partial charge in [0.1, 0.15) is 11.6 Å². The topological polar surface area (TPSA) is 114 Å². The average Bonchev–Trinajstić information content (AvgIpc) is 2.83. The third-order valence-electron chi connectivity index (χ3n) is 6.51. The molecule has 4 rings (SSSR count). The van der Waals surface area contributed by atoms with Crippen LogP contribution in [0.15, 0.2) is 40.9 Å². The molecule has 2 aromatic rings. The van der Waals surface area contributed by atoms with E-state index in [2.05, 4.69) is 37.5 Å². The van der Waals surface area contributed by atoms with E-state index in [0.717, 1.165) is 41.7 Å². The van der Waals surface area contributed by atoms with Crippen LogP contribution in [0.25, 0.3) is 0 Å². The van der Waals surface area contributed by atoms with Crippen molar-refractivity contribution in [2.45, 2.75) is 38.3 Å². The maximum Gasteiger partial charge on any atom is 0.251 e. The van der Waals surface area contributed by atoms with Crippen molar-refractivity contribution < 1.29 is 23.5 Å². The van der Waals surface area contributed by atoms with Crippen molar-refractivity contribution in [3.63, 3.8) is 0 Å². The molecule has 2 aromatic carbocycles. The Morgan fingerprint density at radius 2 is 1.97 bits per heavy atom. The van der Waals surface area contributed by atoms with Crippen LogP contribution in [0.5, 0.6) is 5.75 Å². The largest absolute Gasteiger partial charge is 0.493 e. The predicted molar refractivity (Wildman–Crippen MR) is 133 cm³/mol. The SMILES string of the molecule is NC(=O)c1ccc(OCC2CCN(c3cccc(Br)c3CNC3CCC(=O)NC3=O)CC2)cc1F. The van der Waals surface area contributed by atoms with Crippen molar-refractivity contribution in [1.29, 1.82) is 0 Å². The molecular weight excluding hydrogens is 519 g/mol. The number of carbonyl (C=O) groups excluding carboxylic acids is 3. The lowest BCUT2D eigenvalue weighted by Gasteiger charge is -2.35. The lowest BCUT2D eigenvalue weighted by molar-refractivity contribution is -0.134. The van der Waals surface area contributed by atoms with Crippen LogP contribution in [0, 0.1) is 11.7 Å². The molecule has 2 fully saturated rings. The Hall–Kier alpha value is -2.98. The van der Waals surface area contributed by atoms with Gasteiger partial charge in [-0.15, -0.1) is 0 Å². The number of benzene rings is 2. The number of piperidine rings is 2. The first-order valence-electron chi connectivity index (χ1n) is 11.6. The molecule has 0 radical (unpaired) electrons. The van der Waals surface area contributed by atoms with Gasteiger partial charge in [-0.05, 0) is 49.4 Å². The number of nitrogens with two attached hydrogens (primary N) is 1. The Bertz CT molecular complexity index is 1120. The van der Waals surface area contributed by atoms with Gasteiger partial charge in [-0.25, -0.2) is 4.39 Å². The molecule has 186 valence electrons. The van der Waals surface area contributed by atoms with Crippen LogP contribution in [-0.4, -0.2) is 43.5 Å². The summed E-state index contributed by atoms with van der Waals surface area (Å²) < 4.78 is 20.7. The summed E-state index contributed by atoms with van der Waals surface area (Å²) in [5.74, 6) is -1.29. The minimum absolute atomic E-state index is 0.150. The van der Waals surface area contributed by atoms with Gasteiger partial charge >= 0.3 is 0 Å². The molecule has 2 saturated heterocycles. The van der Waals surface area contributed by atoms with Crippen molar-refractivity contribution >= 4 is 39.3 Å². The number of nitrogens with zero attached hydrogens (tertiary/aromatic N) is 1. The Balaban J connectivity index is 1.32. The lowest BCUT2D eigenvalue weighted by atomic mass is 9.96. The molecule has 10 heteroatoms. The average molecular weight is 547 g/mol. The van der Waals surface area contributed by atoms with E-state index in [4.69, 9.17) is 10.5 Å². The van der Waals surface area contributed by atoms with Crippen molar-refractivity contribution in [1.82, 2.24) is 10.6 Å². The monoisotopic (exact) mass is 546 g/mol. The lowest BCUT2D eigenvalue weighted by Crippen LogP contribution is -2.50. The molecule has 3 amide bonds. The predicted octanol–water partition coefficient (Wildman–Crippen LogP) is 2.88. The Kier molecular flexibility index (Phi) is 8.02. The molecule has 8 nitrogen and oxygen atoms in total. The molecule has 2 aliphatic heterocycles. The van der Waals surface area contributed by atoms with Crippen LogP contribution in [0.1, 0.15) is 41.6 Å². The highest BCUT2D eigenvalue weighted by Gasteiger charge is 2.27. The van der Waals surface area contributed by atoms with Gasteiger partial charge in [-0.1, -0.05) is 22.0 Å². The fourth-order valence-corrected chi connectivity index (χ4v) is 4.97. The highest BCUT2D eigenvalue weighted by Crippen LogP contribution is 2.31. The molecule has 1 atom stereocenters. The molecular formula is C25H28BrFN4O4. The number of nitrogens with one attached hydrogen (secondary N) is 2. The van der Waals surface area contributed by atoms with Gasteiger partial charge in [-0.2, -0.15) is 0 Å². The first kappa shape index (κ1) is 25.1. The summed E-state index contributed by atoms with van der Waals surface area (Å²) in [4.78, 5) is 37.0. The van der Waals surface area contributed by atoms with Gasteiger partial charge in [0, 0.05) is 47.8 Å². The second kappa shape index (κ2) is 11.2. The number of primary amides is 1. The van der Waals surface area contributed by atoms with Gasteiger partial charge in [0.2, 0.25) is 11.8 Å². The molecule has 0 spiro atoms. The summed E-state index contributed by atoms with van der Waals surface area (Å²) in [7, 11) is 0. The third kappa shape index (κ3) is 6.18. The summed E-state index contributed by atoms with van der Waals surface area (Å²) in [6, 6.07) is 9.75. The van der Waals surface area contributed by atoms with Crippen molar-refractivity contribution in [3.05, 3.63) is 57.8 Å². The van der Waals surface area contributed by atoms with E-state index in [1.165, 1.54) is 12.1 Å². The fourth-order valence-electron chi connectivity index (χ4n) is 4.47. The van der Waals surface area contributed by atoms with E-state index < -0.39 is 17.8 Å². The van der Waals surface area contributed by atoms with Crippen LogP contribution in [0.2, 0.25) is 0 Å². The molecule has 0 aromatic heterocycles. The van der Waals surface area contributed by atoms with E-state index in [0.29, 0.717) is 37.7 Å². The zero-order valence-electron chi connectivity index (χ0n) is 19.2. The highest BCUT2D eigenvalue weighted by atomic mass is 79.9. The Labute approximate surface area is 211 Å². The number of hydrogen-bond donors (Lipinski definition) is 3. The molecule has 0 aliphatic carbocycles. The normalized spacial score (nSPS) is 18.9. The van der Waals surface area contributed by atoms with Gasteiger partial charge < -0.3 is 20.7 Å². The first-order valence-corrected chi connectivity index (χ1v) is 12.4. The number of ether oxygens (including phenoxy) is 1. The van der Waals surface area contributed by atoms with E-state index in [-0.39, 0.29) is 17.4 Å². The second-order valence-corrected chi connectivity index (χ2v) is 9.72. The minimum Gasteiger partial charge on any atom is -0.493 e. The molecule has 1 unspecified atom stereocenters. The van der Waals surface area contributed by atoms with E-state index >= 15 is 0 Å². The minimum atomic E-state index is -0.805. The number of hydrogen-bond acceptors (Lipinski definition) is 6. The van der Waals surface area contributed by atoms with Crippen molar-refractivity contribution in [3.8, 4) is 5.75 Å². The summed E-state index contributed by atoms with van der Waals surface area (Å²) in [6.45, 7) is 2.64. The van der Waals surface area contributed by atoms with Crippen LogP contribution in [0.3, 0.4) is 0 Å².